The van der Waals surface area contributed by atoms with Gasteiger partial charge in [-0.05, 0) is 48.9 Å². The molecular formula is C20H23FN2O4. The van der Waals surface area contributed by atoms with Gasteiger partial charge in [0.25, 0.3) is 5.91 Å². The molecule has 7 heteroatoms. The van der Waals surface area contributed by atoms with Crippen molar-refractivity contribution in [2.24, 2.45) is 0 Å². The fraction of sp³-hybridized carbons (Fsp3) is 0.300. The van der Waals surface area contributed by atoms with Gasteiger partial charge in [-0.3, -0.25) is 4.79 Å². The smallest absolute Gasteiger partial charge is 0.347 e. The summed E-state index contributed by atoms with van der Waals surface area (Å²) in [5.41, 5.74) is 2.00. The number of rotatable bonds is 8. The van der Waals surface area contributed by atoms with Crippen LogP contribution in [-0.2, 0) is 20.9 Å². The number of nitrogens with zero attached hydrogens (tertiary/aromatic N) is 1. The van der Waals surface area contributed by atoms with Gasteiger partial charge in [0.15, 0.2) is 12.7 Å². The molecule has 1 atom stereocenters. The lowest BCUT2D eigenvalue weighted by atomic mass is 10.2. The molecule has 0 bridgehead atoms. The van der Waals surface area contributed by atoms with Crippen LogP contribution in [0.25, 0.3) is 0 Å². The van der Waals surface area contributed by atoms with Crippen LogP contribution < -0.4 is 15.0 Å². The molecule has 27 heavy (non-hydrogen) atoms. The minimum atomic E-state index is -0.915. The Morgan fingerprint density at radius 1 is 1.07 bits per heavy atom. The molecule has 0 aliphatic rings. The van der Waals surface area contributed by atoms with E-state index in [-0.39, 0.29) is 0 Å². The zero-order valence-electron chi connectivity index (χ0n) is 15.6. The summed E-state index contributed by atoms with van der Waals surface area (Å²) >= 11 is 0. The zero-order chi connectivity index (χ0) is 19.8. The lowest BCUT2D eigenvalue weighted by molar-refractivity contribution is -0.154. The lowest BCUT2D eigenvalue weighted by Crippen LogP contribution is -2.32. The van der Waals surface area contributed by atoms with E-state index in [0.29, 0.717) is 12.3 Å². The van der Waals surface area contributed by atoms with E-state index in [2.05, 4.69) is 5.32 Å². The molecule has 2 aromatic carbocycles. The van der Waals surface area contributed by atoms with Crippen LogP contribution in [0.3, 0.4) is 0 Å². The van der Waals surface area contributed by atoms with E-state index in [1.807, 2.05) is 43.3 Å². The monoisotopic (exact) mass is 374 g/mol. The Labute approximate surface area is 157 Å². The van der Waals surface area contributed by atoms with Gasteiger partial charge in [0, 0.05) is 26.3 Å². The fourth-order valence-electron chi connectivity index (χ4n) is 2.18. The van der Waals surface area contributed by atoms with Crippen LogP contribution in [0.4, 0.5) is 10.1 Å². The van der Waals surface area contributed by atoms with Gasteiger partial charge in [0.05, 0.1) is 0 Å². The highest BCUT2D eigenvalue weighted by atomic mass is 19.1. The number of anilines is 1. The highest BCUT2D eigenvalue weighted by molar-refractivity contribution is 5.82. The zero-order valence-corrected chi connectivity index (χ0v) is 15.6. The van der Waals surface area contributed by atoms with Crippen molar-refractivity contribution >= 4 is 17.6 Å². The number of nitrogens with one attached hydrogen (secondary N) is 1. The molecule has 0 heterocycles. The third-order valence-corrected chi connectivity index (χ3v) is 3.75. The minimum Gasteiger partial charge on any atom is -0.479 e. The normalized spacial score (nSPS) is 11.4. The molecule has 144 valence electrons. The molecule has 0 saturated heterocycles. The molecule has 0 spiro atoms. The van der Waals surface area contributed by atoms with E-state index >= 15 is 0 Å². The van der Waals surface area contributed by atoms with E-state index in [1.165, 1.54) is 31.2 Å². The molecular weight excluding hydrogens is 351 g/mol. The van der Waals surface area contributed by atoms with Gasteiger partial charge < -0.3 is 19.7 Å². The molecule has 1 amide bonds. The van der Waals surface area contributed by atoms with Gasteiger partial charge in [0.1, 0.15) is 11.6 Å². The summed E-state index contributed by atoms with van der Waals surface area (Å²) in [5, 5.41) is 2.69. The van der Waals surface area contributed by atoms with Crippen molar-refractivity contribution in [1.82, 2.24) is 5.32 Å². The average Bonchev–Trinajstić information content (AvgIpc) is 2.66. The predicted octanol–water partition coefficient (Wildman–Crippen LogP) is 2.52. The van der Waals surface area contributed by atoms with E-state index in [1.54, 1.807) is 0 Å². The number of carbonyl (C=O) groups excluding carboxylic acids is 2. The van der Waals surface area contributed by atoms with Gasteiger partial charge in [0.2, 0.25) is 0 Å². The Hall–Kier alpha value is -3.09. The van der Waals surface area contributed by atoms with E-state index in [4.69, 9.17) is 9.47 Å². The number of halogens is 1. The molecule has 0 fully saturated rings. The van der Waals surface area contributed by atoms with E-state index in [9.17, 15) is 14.0 Å². The number of carbonyl (C=O) groups is 2. The molecule has 0 saturated carbocycles. The summed E-state index contributed by atoms with van der Waals surface area (Å²) in [7, 11) is 3.90. The number of benzene rings is 2. The SMILES string of the molecule is C[C@H](Oc1ccc(F)cc1)C(=O)OCC(=O)NCc1ccc(N(C)C)cc1. The van der Waals surface area contributed by atoms with Gasteiger partial charge in [-0.2, -0.15) is 0 Å². The molecule has 1 N–H and O–H groups in total. The van der Waals surface area contributed by atoms with Gasteiger partial charge >= 0.3 is 5.97 Å². The van der Waals surface area contributed by atoms with Gasteiger partial charge in [-0.25, -0.2) is 9.18 Å². The summed E-state index contributed by atoms with van der Waals surface area (Å²) in [6.45, 7) is 1.44. The van der Waals surface area contributed by atoms with Crippen molar-refractivity contribution < 1.29 is 23.5 Å². The highest BCUT2D eigenvalue weighted by Crippen LogP contribution is 2.14. The van der Waals surface area contributed by atoms with Gasteiger partial charge in [-0.15, -0.1) is 0 Å². The Balaban J connectivity index is 1.72. The standard InChI is InChI=1S/C20H23FN2O4/c1-14(27-18-10-6-16(21)7-11-18)20(25)26-13-19(24)22-12-15-4-8-17(9-5-15)23(2)3/h4-11,14H,12-13H2,1-3H3,(H,22,24)/t14-/m0/s1. The summed E-state index contributed by atoms with van der Waals surface area (Å²) in [6.07, 6.45) is -0.915. The first-order valence-electron chi connectivity index (χ1n) is 8.47. The number of amides is 1. The maximum Gasteiger partial charge on any atom is 0.347 e. The molecule has 0 aliphatic heterocycles. The molecule has 0 unspecified atom stereocenters. The number of hydrogen-bond acceptors (Lipinski definition) is 5. The Bertz CT molecular complexity index is 761. The number of ether oxygens (including phenoxy) is 2. The van der Waals surface area contributed by atoms with E-state index < -0.39 is 30.4 Å². The fourth-order valence-corrected chi connectivity index (χ4v) is 2.18. The second-order valence-corrected chi connectivity index (χ2v) is 6.16. The van der Waals surface area contributed by atoms with Crippen LogP contribution >= 0.6 is 0 Å². The quantitative estimate of drug-likeness (QED) is 0.719. The summed E-state index contributed by atoms with van der Waals surface area (Å²) in [6, 6.07) is 13.0. The third-order valence-electron chi connectivity index (χ3n) is 3.75. The van der Waals surface area contributed by atoms with Crippen LogP contribution in [0.15, 0.2) is 48.5 Å². The topological polar surface area (TPSA) is 67.9 Å². The Morgan fingerprint density at radius 2 is 1.70 bits per heavy atom. The van der Waals surface area contributed by atoms with Crippen LogP contribution in [-0.4, -0.2) is 38.7 Å². The molecule has 2 rings (SSSR count). The van der Waals surface area contributed by atoms with E-state index in [0.717, 1.165) is 11.3 Å². The van der Waals surface area contributed by atoms with Crippen molar-refractivity contribution in [2.75, 3.05) is 25.6 Å². The van der Waals surface area contributed by atoms with Gasteiger partial charge in [-0.1, -0.05) is 12.1 Å². The molecule has 0 radical (unpaired) electrons. The van der Waals surface area contributed by atoms with Crippen LogP contribution in [0.5, 0.6) is 5.75 Å². The minimum absolute atomic E-state index is 0.339. The van der Waals surface area contributed by atoms with Crippen LogP contribution in [0.2, 0.25) is 0 Å². The Kier molecular flexibility index (Phi) is 7.16. The van der Waals surface area contributed by atoms with Crippen molar-refractivity contribution in [3.63, 3.8) is 0 Å². The van der Waals surface area contributed by atoms with Crippen molar-refractivity contribution in [3.05, 3.63) is 59.9 Å². The molecule has 0 aromatic heterocycles. The average molecular weight is 374 g/mol. The highest BCUT2D eigenvalue weighted by Gasteiger charge is 2.17. The second kappa shape index (κ2) is 9.56. The maximum atomic E-state index is 12.8. The third kappa shape index (κ3) is 6.62. The molecule has 6 nitrogen and oxygen atoms in total. The summed E-state index contributed by atoms with van der Waals surface area (Å²) in [5.74, 6) is -1.14. The first-order chi connectivity index (χ1) is 12.8. The molecule has 0 aliphatic carbocycles. The van der Waals surface area contributed by atoms with Crippen LogP contribution in [0, 0.1) is 5.82 Å². The van der Waals surface area contributed by atoms with Crippen LogP contribution in [0.1, 0.15) is 12.5 Å². The predicted molar refractivity (Wildman–Crippen MR) is 100 cm³/mol. The van der Waals surface area contributed by atoms with Crippen molar-refractivity contribution in [2.45, 2.75) is 19.6 Å². The first-order valence-corrected chi connectivity index (χ1v) is 8.47. The maximum absolute atomic E-state index is 12.8. The van der Waals surface area contributed by atoms with Crippen molar-refractivity contribution in [1.29, 1.82) is 0 Å². The lowest BCUT2D eigenvalue weighted by Gasteiger charge is -2.14. The number of esters is 1. The Morgan fingerprint density at radius 3 is 2.30 bits per heavy atom. The number of hydrogen-bond donors (Lipinski definition) is 1. The summed E-state index contributed by atoms with van der Waals surface area (Å²) < 4.78 is 23.1. The largest absolute Gasteiger partial charge is 0.479 e. The summed E-state index contributed by atoms with van der Waals surface area (Å²) in [4.78, 5) is 25.7. The molecule has 2 aromatic rings. The second-order valence-electron chi connectivity index (χ2n) is 6.16. The first kappa shape index (κ1) is 20.2. The van der Waals surface area contributed by atoms with Crippen molar-refractivity contribution in [3.8, 4) is 5.75 Å².